The minimum absolute atomic E-state index is 0.0116. The minimum atomic E-state index is -5.24. The van der Waals surface area contributed by atoms with Crippen molar-refractivity contribution < 1.29 is 40.3 Å². The Morgan fingerprint density at radius 3 is 2.21 bits per heavy atom. The van der Waals surface area contributed by atoms with E-state index in [0.29, 0.717) is 0 Å². The van der Waals surface area contributed by atoms with Crippen LogP contribution in [0.1, 0.15) is 36.6 Å². The Morgan fingerprint density at radius 2 is 1.71 bits per heavy atom. The maximum atomic E-state index is 14.2. The number of rotatable bonds is 1. The van der Waals surface area contributed by atoms with Gasteiger partial charge in [-0.05, 0) is 12.1 Å². The summed E-state index contributed by atoms with van der Waals surface area (Å²) in [5, 5.41) is 2.05. The number of alkyl carbamates (subject to hydrolysis) is 1. The van der Waals surface area contributed by atoms with Crippen LogP contribution < -0.4 is 5.32 Å². The first-order valence-corrected chi connectivity index (χ1v) is 6.64. The smallest absolute Gasteiger partial charge is 0.416 e. The number of hydrogen-bond acceptors (Lipinski definition) is 2. The van der Waals surface area contributed by atoms with Gasteiger partial charge in [0.05, 0.1) is 17.2 Å². The van der Waals surface area contributed by atoms with Crippen LogP contribution in [-0.4, -0.2) is 12.7 Å². The van der Waals surface area contributed by atoms with Gasteiger partial charge in [-0.2, -0.15) is 26.3 Å². The van der Waals surface area contributed by atoms with Gasteiger partial charge < -0.3 is 10.1 Å². The van der Waals surface area contributed by atoms with Gasteiger partial charge in [0.15, 0.2) is 0 Å². The van der Waals surface area contributed by atoms with Crippen LogP contribution in [0.3, 0.4) is 0 Å². The van der Waals surface area contributed by atoms with E-state index >= 15 is 0 Å². The monoisotopic (exact) mass is 359 g/mol. The zero-order valence-electron chi connectivity index (χ0n) is 12.4. The van der Waals surface area contributed by atoms with Gasteiger partial charge in [0.1, 0.15) is 12.4 Å². The van der Waals surface area contributed by atoms with Crippen molar-refractivity contribution in [3.8, 4) is 0 Å². The fourth-order valence-electron chi connectivity index (χ4n) is 2.46. The van der Waals surface area contributed by atoms with Crippen LogP contribution in [0.4, 0.5) is 35.5 Å². The van der Waals surface area contributed by atoms with Gasteiger partial charge in [-0.15, -0.1) is 0 Å². The Bertz CT molecular complexity index is 664. The highest BCUT2D eigenvalue weighted by atomic mass is 19.4. The minimum Gasteiger partial charge on any atom is -0.449 e. The lowest BCUT2D eigenvalue weighted by atomic mass is 9.78. The van der Waals surface area contributed by atoms with Gasteiger partial charge in [-0.25, -0.2) is 9.18 Å². The Balaban J connectivity index is 2.71. The van der Waals surface area contributed by atoms with Crippen LogP contribution >= 0.6 is 0 Å². The molecule has 0 aliphatic carbocycles. The van der Waals surface area contributed by atoms with Gasteiger partial charge in [-0.3, -0.25) is 0 Å². The van der Waals surface area contributed by atoms with Crippen LogP contribution in [0.2, 0.25) is 0 Å². The summed E-state index contributed by atoms with van der Waals surface area (Å²) in [4.78, 5) is 11.3. The van der Waals surface area contributed by atoms with Crippen LogP contribution in [0.5, 0.6) is 0 Å². The second-order valence-electron chi connectivity index (χ2n) is 6.06. The third kappa shape index (κ3) is 3.41. The summed E-state index contributed by atoms with van der Waals surface area (Å²) >= 11 is 0. The van der Waals surface area contributed by atoms with E-state index < -0.39 is 52.4 Å². The maximum absolute atomic E-state index is 14.2. The zero-order valence-corrected chi connectivity index (χ0v) is 12.4. The third-order valence-electron chi connectivity index (χ3n) is 3.67. The summed E-state index contributed by atoms with van der Waals surface area (Å²) in [5.41, 5.74) is -5.76. The predicted octanol–water partition coefficient (Wildman–Crippen LogP) is 4.67. The van der Waals surface area contributed by atoms with Gasteiger partial charge >= 0.3 is 18.4 Å². The summed E-state index contributed by atoms with van der Waals surface area (Å²) in [6.45, 7) is 2.48. The molecule has 1 aliphatic heterocycles. The molecule has 0 spiro atoms. The molecule has 0 unspecified atom stereocenters. The maximum Gasteiger partial charge on any atom is 0.416 e. The van der Waals surface area contributed by atoms with E-state index in [1.165, 1.54) is 13.8 Å². The lowest BCUT2D eigenvalue weighted by molar-refractivity contribution is -0.144. The molecular weight excluding hydrogens is 347 g/mol. The lowest BCUT2D eigenvalue weighted by Gasteiger charge is -2.39. The van der Waals surface area contributed by atoms with Gasteiger partial charge in [0, 0.05) is 11.0 Å². The summed E-state index contributed by atoms with van der Waals surface area (Å²) < 4.78 is 96.7. The third-order valence-corrected chi connectivity index (χ3v) is 3.67. The van der Waals surface area contributed by atoms with E-state index in [1.54, 1.807) is 0 Å². The predicted molar refractivity (Wildman–Crippen MR) is 67.4 cm³/mol. The highest BCUT2D eigenvalue weighted by molar-refractivity contribution is 5.69. The second kappa shape index (κ2) is 5.52. The van der Waals surface area contributed by atoms with Crippen LogP contribution in [0.15, 0.2) is 12.1 Å². The molecule has 1 N–H and O–H groups in total. The van der Waals surface area contributed by atoms with Crippen LogP contribution in [0, 0.1) is 11.2 Å². The number of hydrogen-bond donors (Lipinski definition) is 1. The number of ether oxygens (including phenoxy) is 1. The first-order valence-electron chi connectivity index (χ1n) is 6.64. The molecular formula is C14H12F7NO2. The largest absolute Gasteiger partial charge is 0.449 e. The molecule has 1 aliphatic rings. The van der Waals surface area contributed by atoms with E-state index in [4.69, 9.17) is 0 Å². The highest BCUT2D eigenvalue weighted by Gasteiger charge is 2.46. The quantitative estimate of drug-likeness (QED) is 0.740. The first-order chi connectivity index (χ1) is 10.7. The fourth-order valence-corrected chi connectivity index (χ4v) is 2.46. The number of benzene rings is 1. The molecule has 1 saturated heterocycles. The molecule has 3 nitrogen and oxygen atoms in total. The molecule has 1 heterocycles. The summed E-state index contributed by atoms with van der Waals surface area (Å²) in [5.74, 6) is -1.70. The topological polar surface area (TPSA) is 38.3 Å². The molecule has 0 saturated carbocycles. The number of alkyl halides is 6. The zero-order chi connectivity index (χ0) is 18.5. The molecule has 134 valence electrons. The summed E-state index contributed by atoms with van der Waals surface area (Å²) in [6, 6.07) is -1.67. The Kier molecular flexibility index (Phi) is 4.22. The fraction of sp³-hybridized carbons (Fsp3) is 0.500. The molecule has 0 aromatic heterocycles. The Labute approximate surface area is 131 Å². The van der Waals surface area contributed by atoms with E-state index in [2.05, 4.69) is 10.1 Å². The number of amides is 1. The summed E-state index contributed by atoms with van der Waals surface area (Å²) in [7, 11) is 0. The van der Waals surface area contributed by atoms with Crippen molar-refractivity contribution in [2.45, 2.75) is 32.2 Å². The summed E-state index contributed by atoms with van der Waals surface area (Å²) in [6.07, 6.45) is -11.5. The van der Waals surface area contributed by atoms with Crippen molar-refractivity contribution in [2.24, 2.45) is 5.41 Å². The van der Waals surface area contributed by atoms with Crippen molar-refractivity contribution in [2.75, 3.05) is 6.61 Å². The molecule has 0 bridgehead atoms. The van der Waals surface area contributed by atoms with Crippen molar-refractivity contribution in [3.05, 3.63) is 34.6 Å². The molecule has 1 atom stereocenters. The number of carbonyl (C=O) groups is 1. The second-order valence-corrected chi connectivity index (χ2v) is 6.06. The molecule has 10 heteroatoms. The molecule has 0 radical (unpaired) electrons. The van der Waals surface area contributed by atoms with E-state index in [-0.39, 0.29) is 18.7 Å². The molecule has 1 fully saturated rings. The molecule has 1 aromatic carbocycles. The average Bonchev–Trinajstić information content (AvgIpc) is 2.39. The van der Waals surface area contributed by atoms with Crippen LogP contribution in [0.25, 0.3) is 0 Å². The van der Waals surface area contributed by atoms with Crippen molar-refractivity contribution in [1.82, 2.24) is 5.32 Å². The molecule has 1 amide bonds. The van der Waals surface area contributed by atoms with Crippen molar-refractivity contribution in [1.29, 1.82) is 0 Å². The van der Waals surface area contributed by atoms with Crippen molar-refractivity contribution >= 4 is 6.09 Å². The van der Waals surface area contributed by atoms with Crippen LogP contribution in [-0.2, 0) is 17.1 Å². The van der Waals surface area contributed by atoms with Crippen molar-refractivity contribution in [3.63, 3.8) is 0 Å². The Morgan fingerprint density at radius 1 is 1.12 bits per heavy atom. The highest BCUT2D eigenvalue weighted by Crippen LogP contribution is 2.45. The first kappa shape index (κ1) is 18.3. The van der Waals surface area contributed by atoms with Gasteiger partial charge in [0.2, 0.25) is 0 Å². The normalized spacial score (nSPS) is 21.2. The molecule has 2 rings (SSSR count). The van der Waals surface area contributed by atoms with E-state index in [1.807, 2.05) is 0 Å². The van der Waals surface area contributed by atoms with E-state index in [0.717, 1.165) is 0 Å². The number of nitrogens with one attached hydrogen (secondary N) is 1. The SMILES string of the molecule is CC1(C)COC(=O)N[C@H]1c1c(F)cc(C(F)(F)F)cc1C(F)(F)F. The molecule has 1 aromatic rings. The Hall–Kier alpha value is -2.00. The molecule has 24 heavy (non-hydrogen) atoms. The average molecular weight is 359 g/mol. The standard InChI is InChI=1S/C14H12F7NO2/c1-12(2)5-24-11(23)22-10(12)9-7(14(19,20)21)3-6(4-8(9)15)13(16,17)18/h3-4,10H,5H2,1-2H3,(H,22,23)/t10-/m0/s1. The number of carbonyl (C=O) groups excluding carboxylic acids is 1. The van der Waals surface area contributed by atoms with Gasteiger partial charge in [-0.1, -0.05) is 13.8 Å². The number of halogens is 7. The van der Waals surface area contributed by atoms with E-state index in [9.17, 15) is 35.5 Å². The number of cyclic esters (lactones) is 1. The lowest BCUT2D eigenvalue weighted by Crippen LogP contribution is -2.48. The van der Waals surface area contributed by atoms with Gasteiger partial charge in [0.25, 0.3) is 0 Å².